The number of carbonyl (C=O) groups is 1. The molecule has 1 unspecified atom stereocenters. The fraction of sp³-hybridized carbons (Fsp3) is 0.667. The summed E-state index contributed by atoms with van der Waals surface area (Å²) in [4.78, 5) is 12.6. The van der Waals surface area contributed by atoms with Crippen LogP contribution < -0.4 is 5.32 Å². The lowest BCUT2D eigenvalue weighted by Gasteiger charge is -2.36. The second kappa shape index (κ2) is 6.48. The molecular weight excluding hydrogens is 242 g/mol. The van der Waals surface area contributed by atoms with E-state index in [0.717, 1.165) is 45.2 Å². The number of aryl methyl sites for hydroxylation is 1. The van der Waals surface area contributed by atoms with Crippen molar-refractivity contribution in [2.24, 2.45) is 5.41 Å². The summed E-state index contributed by atoms with van der Waals surface area (Å²) in [7, 11) is 0. The minimum absolute atomic E-state index is 0.0664. The Morgan fingerprint density at radius 2 is 2.44 bits per heavy atom. The molecule has 3 heteroatoms. The van der Waals surface area contributed by atoms with Crippen molar-refractivity contribution in [3.8, 4) is 0 Å². The van der Waals surface area contributed by atoms with Crippen LogP contribution in [0.3, 0.4) is 0 Å². The molecule has 100 valence electrons. The van der Waals surface area contributed by atoms with E-state index in [1.165, 1.54) is 5.56 Å². The summed E-state index contributed by atoms with van der Waals surface area (Å²) in [6.45, 7) is 4.15. The van der Waals surface area contributed by atoms with Gasteiger partial charge in [0.05, 0.1) is 0 Å². The monoisotopic (exact) mass is 265 g/mol. The number of thiophene rings is 1. The lowest BCUT2D eigenvalue weighted by atomic mass is 9.72. The maximum atomic E-state index is 12.6. The van der Waals surface area contributed by atoms with E-state index >= 15 is 0 Å². The van der Waals surface area contributed by atoms with Crippen LogP contribution in [0, 0.1) is 5.41 Å². The van der Waals surface area contributed by atoms with Gasteiger partial charge in [0.25, 0.3) is 0 Å². The van der Waals surface area contributed by atoms with Gasteiger partial charge >= 0.3 is 0 Å². The Balaban J connectivity index is 1.95. The molecular formula is C15H23NOS. The van der Waals surface area contributed by atoms with Crippen molar-refractivity contribution in [1.82, 2.24) is 5.32 Å². The third-order valence-electron chi connectivity index (χ3n) is 4.01. The highest BCUT2D eigenvalue weighted by molar-refractivity contribution is 7.07. The van der Waals surface area contributed by atoms with E-state index in [9.17, 15) is 4.79 Å². The zero-order valence-corrected chi connectivity index (χ0v) is 12.0. The van der Waals surface area contributed by atoms with Crippen LogP contribution in [0.4, 0.5) is 0 Å². The maximum absolute atomic E-state index is 12.6. The number of rotatable bonds is 6. The number of hydrogen-bond donors (Lipinski definition) is 1. The first kappa shape index (κ1) is 13.8. The van der Waals surface area contributed by atoms with E-state index in [1.807, 2.05) is 0 Å². The van der Waals surface area contributed by atoms with Crippen molar-refractivity contribution in [2.75, 3.05) is 13.1 Å². The third-order valence-corrected chi connectivity index (χ3v) is 4.75. The van der Waals surface area contributed by atoms with Crippen LogP contribution in [0.2, 0.25) is 0 Å². The molecule has 1 aromatic rings. The predicted octanol–water partition coefficient (Wildman–Crippen LogP) is 3.42. The number of hydrogen-bond acceptors (Lipinski definition) is 3. The molecule has 1 atom stereocenters. The summed E-state index contributed by atoms with van der Waals surface area (Å²) in [5.74, 6) is 0.475. The summed E-state index contributed by atoms with van der Waals surface area (Å²) in [5, 5.41) is 7.65. The molecule has 2 nitrogen and oxygen atoms in total. The summed E-state index contributed by atoms with van der Waals surface area (Å²) in [6, 6.07) is 2.13. The van der Waals surface area contributed by atoms with Gasteiger partial charge in [-0.05, 0) is 54.6 Å². The molecule has 1 fully saturated rings. The van der Waals surface area contributed by atoms with Crippen LogP contribution in [-0.2, 0) is 11.2 Å². The largest absolute Gasteiger partial charge is 0.316 e. The van der Waals surface area contributed by atoms with Crippen molar-refractivity contribution < 1.29 is 4.79 Å². The van der Waals surface area contributed by atoms with E-state index in [4.69, 9.17) is 0 Å². The van der Waals surface area contributed by atoms with Crippen molar-refractivity contribution in [3.05, 3.63) is 22.4 Å². The summed E-state index contributed by atoms with van der Waals surface area (Å²) in [5.41, 5.74) is 1.24. The van der Waals surface area contributed by atoms with Gasteiger partial charge in [0.15, 0.2) is 0 Å². The van der Waals surface area contributed by atoms with Crippen molar-refractivity contribution in [3.63, 3.8) is 0 Å². The van der Waals surface area contributed by atoms with Gasteiger partial charge in [0, 0.05) is 18.4 Å². The fourth-order valence-electron chi connectivity index (χ4n) is 3.00. The molecule has 1 aromatic heterocycles. The van der Waals surface area contributed by atoms with Gasteiger partial charge in [0.1, 0.15) is 5.78 Å². The Bertz CT molecular complexity index is 360. The molecule has 0 bridgehead atoms. The van der Waals surface area contributed by atoms with Crippen LogP contribution in [0.5, 0.6) is 0 Å². The summed E-state index contributed by atoms with van der Waals surface area (Å²) < 4.78 is 0. The van der Waals surface area contributed by atoms with E-state index in [0.29, 0.717) is 12.2 Å². The molecule has 0 saturated carbocycles. The average Bonchev–Trinajstić information content (AvgIpc) is 2.90. The van der Waals surface area contributed by atoms with Gasteiger partial charge in [0.2, 0.25) is 0 Å². The summed E-state index contributed by atoms with van der Waals surface area (Å²) in [6.07, 6.45) is 5.99. The number of ketones is 1. The Labute approximate surface area is 114 Å². The molecule has 0 aromatic carbocycles. The SMILES string of the molecule is CCCC1(C(=O)CCc2ccsc2)CCCNC1. The molecule has 0 amide bonds. The van der Waals surface area contributed by atoms with Crippen molar-refractivity contribution in [2.45, 2.75) is 45.4 Å². The smallest absolute Gasteiger partial charge is 0.140 e. The first-order chi connectivity index (χ1) is 8.77. The topological polar surface area (TPSA) is 29.1 Å². The molecule has 2 heterocycles. The number of piperidine rings is 1. The summed E-state index contributed by atoms with van der Waals surface area (Å²) >= 11 is 1.71. The minimum atomic E-state index is -0.0664. The van der Waals surface area contributed by atoms with Gasteiger partial charge in [-0.2, -0.15) is 11.3 Å². The standard InChI is InChI=1S/C15H23NOS/c1-2-7-15(8-3-9-16-12-15)14(17)5-4-13-6-10-18-11-13/h6,10-11,16H,2-5,7-9,12H2,1H3. The van der Waals surface area contributed by atoms with Gasteiger partial charge in [-0.25, -0.2) is 0 Å². The van der Waals surface area contributed by atoms with Gasteiger partial charge in [-0.3, -0.25) is 4.79 Å². The second-order valence-corrected chi connectivity index (χ2v) is 6.15. The number of Topliss-reactive ketones (excluding diaryl/α,β-unsaturated/α-hetero) is 1. The highest BCUT2D eigenvalue weighted by Crippen LogP contribution is 2.34. The van der Waals surface area contributed by atoms with Crippen molar-refractivity contribution in [1.29, 1.82) is 0 Å². The van der Waals surface area contributed by atoms with Crippen LogP contribution >= 0.6 is 11.3 Å². The molecule has 18 heavy (non-hydrogen) atoms. The van der Waals surface area contributed by atoms with Gasteiger partial charge in [-0.15, -0.1) is 0 Å². The van der Waals surface area contributed by atoms with Crippen LogP contribution in [0.1, 0.15) is 44.6 Å². The third kappa shape index (κ3) is 3.21. The van der Waals surface area contributed by atoms with Crippen molar-refractivity contribution >= 4 is 17.1 Å². The van der Waals surface area contributed by atoms with Crippen LogP contribution in [0.15, 0.2) is 16.8 Å². The number of nitrogens with one attached hydrogen (secondary N) is 1. The molecule has 0 radical (unpaired) electrons. The molecule has 2 rings (SSSR count). The number of carbonyl (C=O) groups excluding carboxylic acids is 1. The van der Waals surface area contributed by atoms with E-state index in [-0.39, 0.29) is 5.41 Å². The first-order valence-corrected chi connectivity index (χ1v) is 7.96. The molecule has 1 aliphatic rings. The Hall–Kier alpha value is -0.670. The molecule has 1 saturated heterocycles. The van der Waals surface area contributed by atoms with Gasteiger partial charge in [-0.1, -0.05) is 13.3 Å². The van der Waals surface area contributed by atoms with Gasteiger partial charge < -0.3 is 5.32 Å². The predicted molar refractivity (Wildman–Crippen MR) is 77.1 cm³/mol. The Morgan fingerprint density at radius 3 is 3.06 bits per heavy atom. The quantitative estimate of drug-likeness (QED) is 0.854. The zero-order valence-electron chi connectivity index (χ0n) is 11.2. The fourth-order valence-corrected chi connectivity index (χ4v) is 3.70. The Kier molecular flexibility index (Phi) is 4.95. The highest BCUT2D eigenvalue weighted by atomic mass is 32.1. The second-order valence-electron chi connectivity index (χ2n) is 5.37. The maximum Gasteiger partial charge on any atom is 0.140 e. The van der Waals surface area contributed by atoms with E-state index < -0.39 is 0 Å². The van der Waals surface area contributed by atoms with Crippen LogP contribution in [-0.4, -0.2) is 18.9 Å². The Morgan fingerprint density at radius 1 is 1.56 bits per heavy atom. The zero-order chi connectivity index (χ0) is 12.8. The average molecular weight is 265 g/mol. The molecule has 0 aliphatic carbocycles. The normalized spacial score (nSPS) is 24.1. The molecule has 0 spiro atoms. The lowest BCUT2D eigenvalue weighted by Crippen LogP contribution is -2.45. The highest BCUT2D eigenvalue weighted by Gasteiger charge is 2.37. The molecule has 1 aliphatic heterocycles. The molecule has 1 N–H and O–H groups in total. The van der Waals surface area contributed by atoms with E-state index in [2.05, 4.69) is 29.1 Å². The van der Waals surface area contributed by atoms with Crippen LogP contribution in [0.25, 0.3) is 0 Å². The minimum Gasteiger partial charge on any atom is -0.316 e. The lowest BCUT2D eigenvalue weighted by molar-refractivity contribution is -0.130. The first-order valence-electron chi connectivity index (χ1n) is 7.02. The van der Waals surface area contributed by atoms with E-state index in [1.54, 1.807) is 11.3 Å².